The molecule has 166 valence electrons. The summed E-state index contributed by atoms with van der Waals surface area (Å²) in [7, 11) is -0.635. The summed E-state index contributed by atoms with van der Waals surface area (Å²) >= 11 is 0. The fourth-order valence-electron chi connectivity index (χ4n) is 2.82. The first-order chi connectivity index (χ1) is 14.8. The summed E-state index contributed by atoms with van der Waals surface area (Å²) in [5.41, 5.74) is 2.61. The largest absolute Gasteiger partial charge is 0.635 e. The molecule has 0 spiro atoms. The number of methoxy groups -OCH3 is 1. The van der Waals surface area contributed by atoms with Gasteiger partial charge in [-0.25, -0.2) is 4.39 Å². The molecular formula is C21H26BFN2O6. The van der Waals surface area contributed by atoms with Gasteiger partial charge < -0.3 is 30.1 Å². The number of hydrogen-bond donors (Lipinski definition) is 4. The van der Waals surface area contributed by atoms with Crippen molar-refractivity contribution in [2.45, 2.75) is 32.2 Å². The summed E-state index contributed by atoms with van der Waals surface area (Å²) < 4.78 is 24.2. The van der Waals surface area contributed by atoms with Crippen molar-refractivity contribution in [2.75, 3.05) is 13.7 Å². The third kappa shape index (κ3) is 8.37. The zero-order chi connectivity index (χ0) is 22.8. The fourth-order valence-corrected chi connectivity index (χ4v) is 2.82. The van der Waals surface area contributed by atoms with Gasteiger partial charge in [-0.15, -0.1) is 0 Å². The Bertz CT molecular complexity index is 865. The molecule has 4 N–H and O–H groups in total. The minimum absolute atomic E-state index is 0.0494. The number of halogens is 1. The highest BCUT2D eigenvalue weighted by Crippen LogP contribution is 2.12. The van der Waals surface area contributed by atoms with E-state index in [4.69, 9.17) is 19.4 Å². The Morgan fingerprint density at radius 3 is 2.45 bits per heavy atom. The number of hydrogen-bond acceptors (Lipinski definition) is 6. The van der Waals surface area contributed by atoms with Gasteiger partial charge in [-0.05, 0) is 36.6 Å². The predicted molar refractivity (Wildman–Crippen MR) is 113 cm³/mol. The molecule has 1 unspecified atom stereocenters. The van der Waals surface area contributed by atoms with Crippen LogP contribution in [0, 0.1) is 6.92 Å². The van der Waals surface area contributed by atoms with Gasteiger partial charge in [-0.1, -0.05) is 42.0 Å². The maximum absolute atomic E-state index is 14.3. The fraction of sp³-hybridized carbons (Fsp3) is 0.333. The Kier molecular flexibility index (Phi) is 9.45. The molecule has 0 aliphatic heterocycles. The minimum atomic E-state index is -2.48. The molecule has 31 heavy (non-hydrogen) atoms. The number of nitrogens with one attached hydrogen (secondary N) is 2. The maximum Gasteiger partial charge on any atom is 0.635 e. The molecule has 2 aromatic rings. The lowest BCUT2D eigenvalue weighted by molar-refractivity contribution is -0.138. The van der Waals surface area contributed by atoms with Crippen molar-refractivity contribution < 1.29 is 33.4 Å². The van der Waals surface area contributed by atoms with Crippen molar-refractivity contribution in [2.24, 2.45) is 0 Å². The molecule has 0 radical (unpaired) electrons. The second-order valence-corrected chi connectivity index (χ2v) is 6.90. The molecule has 0 aromatic heterocycles. The van der Waals surface area contributed by atoms with Crippen LogP contribution in [0.4, 0.5) is 4.39 Å². The molecule has 0 aliphatic rings. The van der Waals surface area contributed by atoms with Crippen LogP contribution in [0.3, 0.4) is 0 Å². The zero-order valence-corrected chi connectivity index (χ0v) is 17.4. The molecule has 0 saturated heterocycles. The summed E-state index contributed by atoms with van der Waals surface area (Å²) in [6.45, 7) is 2.02. The molecule has 10 heteroatoms. The first-order valence-corrected chi connectivity index (χ1v) is 9.70. The third-order valence-electron chi connectivity index (χ3n) is 4.44. The van der Waals surface area contributed by atoms with E-state index < -0.39 is 31.5 Å². The van der Waals surface area contributed by atoms with Crippen LogP contribution in [0.25, 0.3) is 0 Å². The van der Waals surface area contributed by atoms with Gasteiger partial charge in [0.05, 0.1) is 7.11 Å². The molecule has 0 fully saturated rings. The smallest absolute Gasteiger partial charge is 0.497 e. The van der Waals surface area contributed by atoms with Crippen molar-refractivity contribution in [3.05, 3.63) is 65.2 Å². The number of amides is 2. The molecule has 2 rings (SSSR count). The number of carbonyl (C=O) groups excluding carboxylic acids is 2. The van der Waals surface area contributed by atoms with E-state index in [9.17, 15) is 14.0 Å². The molecule has 0 bridgehead atoms. The highest BCUT2D eigenvalue weighted by molar-refractivity contribution is 6.32. The Hall–Kier alpha value is -2.95. The Balaban J connectivity index is 1.87. The average Bonchev–Trinajstić information content (AvgIpc) is 2.74. The van der Waals surface area contributed by atoms with E-state index >= 15 is 0 Å². The van der Waals surface area contributed by atoms with Crippen LogP contribution < -0.4 is 15.4 Å². The van der Waals surface area contributed by atoms with Gasteiger partial charge in [0.2, 0.25) is 0 Å². The summed E-state index contributed by atoms with van der Waals surface area (Å²) in [6, 6.07) is 14.4. The van der Waals surface area contributed by atoms with Gasteiger partial charge in [0, 0.05) is 13.0 Å². The van der Waals surface area contributed by atoms with Gasteiger partial charge in [0.15, 0.2) is 0 Å². The SMILES string of the molecule is COc1cccc(CCNC(=O)C(F)C(=O)N[C@@H](Cc2ccc(C)cc2)OB(O)O)c1. The monoisotopic (exact) mass is 432 g/mol. The lowest BCUT2D eigenvalue weighted by Crippen LogP contribution is -2.49. The minimum Gasteiger partial charge on any atom is -0.497 e. The number of aryl methyl sites for hydroxylation is 1. The van der Waals surface area contributed by atoms with E-state index in [0.29, 0.717) is 12.2 Å². The van der Waals surface area contributed by atoms with Crippen LogP contribution in [0.2, 0.25) is 0 Å². The maximum atomic E-state index is 14.3. The van der Waals surface area contributed by atoms with Crippen molar-refractivity contribution in [1.82, 2.24) is 10.6 Å². The van der Waals surface area contributed by atoms with Crippen LogP contribution in [-0.2, 0) is 27.1 Å². The highest BCUT2D eigenvalue weighted by atomic mass is 19.1. The topological polar surface area (TPSA) is 117 Å². The zero-order valence-electron chi connectivity index (χ0n) is 17.4. The van der Waals surface area contributed by atoms with Gasteiger partial charge in [0.25, 0.3) is 18.0 Å². The van der Waals surface area contributed by atoms with Crippen LogP contribution in [-0.4, -0.2) is 55.2 Å². The molecule has 8 nitrogen and oxygen atoms in total. The van der Waals surface area contributed by atoms with Gasteiger partial charge in [-0.2, -0.15) is 0 Å². The standard InChI is InChI=1S/C21H26BFN2O6/c1-14-6-8-16(9-7-14)13-18(31-22(28)29)25-21(27)19(23)20(26)24-11-10-15-4-3-5-17(12-15)30-2/h3-9,12,18-19,28-29H,10-11,13H2,1-2H3,(H,24,26)(H,25,27)/t18-,19?/m1/s1. The Morgan fingerprint density at radius 1 is 1.10 bits per heavy atom. The molecule has 0 saturated carbocycles. The number of alkyl halides is 1. The van der Waals surface area contributed by atoms with E-state index in [1.807, 2.05) is 25.1 Å². The van der Waals surface area contributed by atoms with E-state index in [2.05, 4.69) is 10.6 Å². The number of benzene rings is 2. The van der Waals surface area contributed by atoms with Gasteiger partial charge >= 0.3 is 7.32 Å². The summed E-state index contributed by atoms with van der Waals surface area (Å²) in [4.78, 5) is 24.1. The first kappa shape index (κ1) is 24.3. The lowest BCUT2D eigenvalue weighted by atomic mass is 10.1. The van der Waals surface area contributed by atoms with E-state index in [0.717, 1.165) is 16.7 Å². The Morgan fingerprint density at radius 2 is 1.81 bits per heavy atom. The van der Waals surface area contributed by atoms with E-state index in [-0.39, 0.29) is 13.0 Å². The predicted octanol–water partition coefficient (Wildman–Crippen LogP) is 0.672. The second kappa shape index (κ2) is 12.0. The molecule has 0 heterocycles. The molecule has 2 amide bonds. The number of rotatable bonds is 11. The summed E-state index contributed by atoms with van der Waals surface area (Å²) in [5.74, 6) is -1.67. The van der Waals surface area contributed by atoms with Crippen molar-refractivity contribution in [3.63, 3.8) is 0 Å². The van der Waals surface area contributed by atoms with Gasteiger partial charge in [-0.3, -0.25) is 9.59 Å². The number of carbonyl (C=O) groups is 2. The van der Waals surface area contributed by atoms with Crippen LogP contribution in [0.1, 0.15) is 16.7 Å². The summed E-state index contributed by atoms with van der Waals surface area (Å²) in [5, 5.41) is 22.7. The molecular weight excluding hydrogens is 406 g/mol. The molecule has 0 aliphatic carbocycles. The van der Waals surface area contributed by atoms with Gasteiger partial charge in [0.1, 0.15) is 12.0 Å². The Labute approximate surface area is 180 Å². The quantitative estimate of drug-likeness (QED) is 0.236. The van der Waals surface area contributed by atoms with E-state index in [1.165, 1.54) is 0 Å². The molecule has 2 aromatic carbocycles. The van der Waals surface area contributed by atoms with Crippen LogP contribution >= 0.6 is 0 Å². The highest BCUT2D eigenvalue weighted by Gasteiger charge is 2.29. The second-order valence-electron chi connectivity index (χ2n) is 6.90. The van der Waals surface area contributed by atoms with E-state index in [1.54, 1.807) is 37.4 Å². The third-order valence-corrected chi connectivity index (χ3v) is 4.44. The lowest BCUT2D eigenvalue weighted by Gasteiger charge is -2.20. The summed E-state index contributed by atoms with van der Waals surface area (Å²) in [6.07, 6.45) is -3.25. The normalized spacial score (nSPS) is 12.5. The van der Waals surface area contributed by atoms with Crippen molar-refractivity contribution in [1.29, 1.82) is 0 Å². The van der Waals surface area contributed by atoms with Crippen LogP contribution in [0.15, 0.2) is 48.5 Å². The van der Waals surface area contributed by atoms with Crippen molar-refractivity contribution >= 4 is 19.1 Å². The van der Waals surface area contributed by atoms with Crippen molar-refractivity contribution in [3.8, 4) is 5.75 Å². The van der Waals surface area contributed by atoms with Crippen LogP contribution in [0.5, 0.6) is 5.75 Å². The first-order valence-electron chi connectivity index (χ1n) is 9.70. The molecule has 2 atom stereocenters. The number of ether oxygens (including phenoxy) is 1. The average molecular weight is 432 g/mol.